The monoisotopic (exact) mass is 278 g/mol. The third-order valence-corrected chi connectivity index (χ3v) is 2.90. The van der Waals surface area contributed by atoms with E-state index in [0.29, 0.717) is 16.3 Å². The van der Waals surface area contributed by atoms with E-state index in [1.54, 1.807) is 19.1 Å². The molecular weight excluding hydrogens is 268 g/mol. The number of aryl methyl sites for hydroxylation is 1. The van der Waals surface area contributed by atoms with Gasteiger partial charge in [0.05, 0.1) is 11.8 Å². The normalized spacial score (nSPS) is 9.95. The molecule has 2 aromatic rings. The highest BCUT2D eigenvalue weighted by Gasteiger charge is 2.10. The Balaban J connectivity index is 2.09. The van der Waals surface area contributed by atoms with Crippen LogP contribution in [0.2, 0.25) is 0 Å². The summed E-state index contributed by atoms with van der Waals surface area (Å²) < 4.78 is 3.60. The number of carbonyl (C=O) groups is 2. The van der Waals surface area contributed by atoms with Gasteiger partial charge in [-0.3, -0.25) is 5.32 Å². The molecule has 0 aliphatic carbocycles. The number of hydrogen-bond acceptors (Lipinski definition) is 5. The minimum Gasteiger partial charge on any atom is -0.478 e. The molecule has 3 N–H and O–H groups in total. The van der Waals surface area contributed by atoms with Gasteiger partial charge in [-0.2, -0.15) is 0 Å². The quantitative estimate of drug-likeness (QED) is 0.798. The van der Waals surface area contributed by atoms with Crippen molar-refractivity contribution in [1.29, 1.82) is 0 Å². The summed E-state index contributed by atoms with van der Waals surface area (Å²) in [5.74, 6) is -1.03. The molecule has 0 fully saturated rings. The van der Waals surface area contributed by atoms with E-state index in [0.717, 1.165) is 11.5 Å². The van der Waals surface area contributed by atoms with Crippen LogP contribution < -0.4 is 10.6 Å². The molecule has 1 aromatic carbocycles. The number of urea groups is 1. The number of amides is 2. The molecule has 1 aromatic heterocycles. The van der Waals surface area contributed by atoms with Crippen LogP contribution in [0.3, 0.4) is 0 Å². The lowest BCUT2D eigenvalue weighted by Gasteiger charge is -2.07. The molecule has 0 saturated heterocycles. The van der Waals surface area contributed by atoms with E-state index >= 15 is 0 Å². The maximum Gasteiger partial charge on any atom is 0.336 e. The summed E-state index contributed by atoms with van der Waals surface area (Å²) in [5, 5.41) is 18.1. The van der Waals surface area contributed by atoms with Crippen LogP contribution in [0, 0.1) is 6.92 Å². The van der Waals surface area contributed by atoms with Crippen molar-refractivity contribution in [2.24, 2.45) is 0 Å². The number of anilines is 2. The highest BCUT2D eigenvalue weighted by atomic mass is 32.1. The maximum atomic E-state index is 11.6. The second-order valence-corrected chi connectivity index (χ2v) is 4.48. The molecular formula is C11H10N4O3S. The zero-order valence-electron chi connectivity index (χ0n) is 9.88. The second-order valence-electron chi connectivity index (χ2n) is 3.70. The Hall–Kier alpha value is -2.48. The Bertz CT molecular complexity index is 612. The summed E-state index contributed by atoms with van der Waals surface area (Å²) in [6.45, 7) is 1.69. The first kappa shape index (κ1) is 13.0. The van der Waals surface area contributed by atoms with Gasteiger partial charge in [0.15, 0.2) is 0 Å². The first-order chi connectivity index (χ1) is 9.06. The molecule has 8 heteroatoms. The molecule has 0 aliphatic heterocycles. The second kappa shape index (κ2) is 5.44. The molecule has 0 saturated carbocycles. The number of aromatic carboxylic acids is 1. The number of carboxylic acids is 1. The zero-order valence-corrected chi connectivity index (χ0v) is 10.7. The van der Waals surface area contributed by atoms with Gasteiger partial charge in [-0.25, -0.2) is 9.59 Å². The molecule has 0 radical (unpaired) electrons. The number of rotatable bonds is 3. The number of carboxylic acid groups (broad SMARTS) is 1. The van der Waals surface area contributed by atoms with Crippen molar-refractivity contribution >= 4 is 34.2 Å². The average Bonchev–Trinajstić information content (AvgIpc) is 2.84. The fourth-order valence-corrected chi connectivity index (χ4v) is 1.84. The molecule has 0 bridgehead atoms. The van der Waals surface area contributed by atoms with Crippen molar-refractivity contribution in [3.63, 3.8) is 0 Å². The van der Waals surface area contributed by atoms with Gasteiger partial charge in [-0.05, 0) is 24.6 Å². The Kier molecular flexibility index (Phi) is 3.71. The first-order valence-electron chi connectivity index (χ1n) is 5.25. The molecule has 2 rings (SSSR count). The van der Waals surface area contributed by atoms with E-state index in [-0.39, 0.29) is 5.56 Å². The molecule has 98 valence electrons. The summed E-state index contributed by atoms with van der Waals surface area (Å²) in [5.41, 5.74) is 1.18. The first-order valence-corrected chi connectivity index (χ1v) is 6.03. The van der Waals surface area contributed by atoms with Crippen molar-refractivity contribution in [3.05, 3.63) is 35.5 Å². The van der Waals surface area contributed by atoms with Gasteiger partial charge in [0.2, 0.25) is 0 Å². The number of nitrogens with one attached hydrogen (secondary N) is 2. The summed E-state index contributed by atoms with van der Waals surface area (Å²) in [4.78, 5) is 22.6. The lowest BCUT2D eigenvalue weighted by molar-refractivity contribution is 0.0696. The van der Waals surface area contributed by atoms with Crippen molar-refractivity contribution in [3.8, 4) is 0 Å². The van der Waals surface area contributed by atoms with Crippen LogP contribution in [0.1, 0.15) is 15.9 Å². The van der Waals surface area contributed by atoms with E-state index in [1.807, 2.05) is 0 Å². The standard InChI is InChI=1S/C11H10N4O3S/c1-6-2-3-7(4-8(6)10(16)17)13-11(18)14-9-5-12-15-19-9/h2-5H,1H3,(H,16,17)(H2,13,14,18). The van der Waals surface area contributed by atoms with Gasteiger partial charge in [0.1, 0.15) is 5.00 Å². The van der Waals surface area contributed by atoms with Crippen LogP contribution in [0.4, 0.5) is 15.5 Å². The van der Waals surface area contributed by atoms with Crippen LogP contribution in [0.15, 0.2) is 24.4 Å². The third-order valence-electron chi connectivity index (χ3n) is 2.32. The van der Waals surface area contributed by atoms with Crippen molar-refractivity contribution in [1.82, 2.24) is 9.59 Å². The Morgan fingerprint density at radius 3 is 2.74 bits per heavy atom. The largest absolute Gasteiger partial charge is 0.478 e. The van der Waals surface area contributed by atoms with E-state index in [1.165, 1.54) is 12.3 Å². The lowest BCUT2D eigenvalue weighted by Crippen LogP contribution is -2.19. The van der Waals surface area contributed by atoms with Crippen LogP contribution in [-0.4, -0.2) is 26.7 Å². The number of nitrogens with zero attached hydrogens (tertiary/aromatic N) is 2. The molecule has 0 atom stereocenters. The van der Waals surface area contributed by atoms with Gasteiger partial charge < -0.3 is 10.4 Å². The Morgan fingerprint density at radius 1 is 1.32 bits per heavy atom. The maximum absolute atomic E-state index is 11.6. The van der Waals surface area contributed by atoms with Gasteiger partial charge in [-0.1, -0.05) is 10.6 Å². The van der Waals surface area contributed by atoms with Crippen molar-refractivity contribution < 1.29 is 14.7 Å². The molecule has 0 spiro atoms. The molecule has 0 unspecified atom stereocenters. The molecule has 2 amide bonds. The Morgan fingerprint density at radius 2 is 2.11 bits per heavy atom. The van der Waals surface area contributed by atoms with Crippen LogP contribution in [-0.2, 0) is 0 Å². The minimum absolute atomic E-state index is 0.150. The number of aromatic nitrogens is 2. The summed E-state index contributed by atoms with van der Waals surface area (Å²) >= 11 is 1.05. The molecule has 7 nitrogen and oxygen atoms in total. The third kappa shape index (κ3) is 3.26. The van der Waals surface area contributed by atoms with E-state index in [9.17, 15) is 9.59 Å². The van der Waals surface area contributed by atoms with Crippen LogP contribution in [0.25, 0.3) is 0 Å². The van der Waals surface area contributed by atoms with Gasteiger partial charge in [0, 0.05) is 17.2 Å². The summed E-state index contributed by atoms with van der Waals surface area (Å²) in [6.07, 6.45) is 1.42. The number of carbonyl (C=O) groups excluding carboxylic acids is 1. The van der Waals surface area contributed by atoms with E-state index < -0.39 is 12.0 Å². The highest BCUT2D eigenvalue weighted by molar-refractivity contribution is 7.10. The van der Waals surface area contributed by atoms with Gasteiger partial charge >= 0.3 is 12.0 Å². The molecule has 0 aliphatic rings. The van der Waals surface area contributed by atoms with E-state index in [4.69, 9.17) is 5.11 Å². The summed E-state index contributed by atoms with van der Waals surface area (Å²) in [7, 11) is 0. The predicted molar refractivity (Wildman–Crippen MR) is 70.7 cm³/mol. The zero-order chi connectivity index (χ0) is 13.8. The molecule has 1 heterocycles. The smallest absolute Gasteiger partial charge is 0.336 e. The Labute approximate surface area is 112 Å². The van der Waals surface area contributed by atoms with Crippen LogP contribution >= 0.6 is 11.5 Å². The minimum atomic E-state index is -1.03. The predicted octanol–water partition coefficient (Wildman–Crippen LogP) is 2.19. The highest BCUT2D eigenvalue weighted by Crippen LogP contribution is 2.16. The number of hydrogen-bond donors (Lipinski definition) is 3. The van der Waals surface area contributed by atoms with Crippen molar-refractivity contribution in [2.75, 3.05) is 10.6 Å². The van der Waals surface area contributed by atoms with Gasteiger partial charge in [0.25, 0.3) is 0 Å². The van der Waals surface area contributed by atoms with Crippen LogP contribution in [0.5, 0.6) is 0 Å². The molecule has 19 heavy (non-hydrogen) atoms. The average molecular weight is 278 g/mol. The topological polar surface area (TPSA) is 104 Å². The fourth-order valence-electron chi connectivity index (χ4n) is 1.43. The summed E-state index contributed by atoms with van der Waals surface area (Å²) in [6, 6.07) is 4.19. The number of benzene rings is 1. The lowest BCUT2D eigenvalue weighted by atomic mass is 10.1. The van der Waals surface area contributed by atoms with Gasteiger partial charge in [-0.15, -0.1) is 5.10 Å². The van der Waals surface area contributed by atoms with Crippen molar-refractivity contribution in [2.45, 2.75) is 6.92 Å². The SMILES string of the molecule is Cc1ccc(NC(=O)Nc2cnns2)cc1C(=O)O. The fraction of sp³-hybridized carbons (Fsp3) is 0.0909. The van der Waals surface area contributed by atoms with E-state index in [2.05, 4.69) is 20.2 Å².